The first-order valence-electron chi connectivity index (χ1n) is 9.21. The Labute approximate surface area is 182 Å². The molecule has 30 heavy (non-hydrogen) atoms. The maximum absolute atomic E-state index is 12.8. The van der Waals surface area contributed by atoms with E-state index >= 15 is 0 Å². The van der Waals surface area contributed by atoms with Crippen molar-refractivity contribution in [3.8, 4) is 5.75 Å². The number of hydrogen-bond acceptors (Lipinski definition) is 8. The van der Waals surface area contributed by atoms with Gasteiger partial charge >= 0.3 is 0 Å². The van der Waals surface area contributed by atoms with Gasteiger partial charge in [-0.3, -0.25) is 9.59 Å². The van der Waals surface area contributed by atoms with Crippen molar-refractivity contribution in [2.75, 3.05) is 19.9 Å². The van der Waals surface area contributed by atoms with Crippen molar-refractivity contribution >= 4 is 45.7 Å². The van der Waals surface area contributed by atoms with Crippen molar-refractivity contribution in [3.05, 3.63) is 45.4 Å². The van der Waals surface area contributed by atoms with E-state index in [1.807, 2.05) is 26.0 Å². The molecule has 0 aliphatic rings. The van der Waals surface area contributed by atoms with E-state index in [1.165, 1.54) is 25.7 Å². The zero-order chi connectivity index (χ0) is 22.1. The third kappa shape index (κ3) is 4.19. The number of nitrogens with one attached hydrogen (secondary N) is 1. The summed E-state index contributed by atoms with van der Waals surface area (Å²) in [5.74, 6) is 0.910. The second-order valence-electron chi connectivity index (χ2n) is 6.89. The second kappa shape index (κ2) is 8.71. The highest BCUT2D eigenvalue weighted by atomic mass is 32.2. The molecule has 1 atom stereocenters. The monoisotopic (exact) mass is 445 g/mol. The lowest BCUT2D eigenvalue weighted by molar-refractivity contribution is -0.138. The van der Waals surface area contributed by atoms with Crippen LogP contribution in [0.4, 0.5) is 0 Å². The Morgan fingerprint density at radius 3 is 2.63 bits per heavy atom. The van der Waals surface area contributed by atoms with Crippen LogP contribution in [0.25, 0.3) is 10.9 Å². The number of ether oxygens (including phenoxy) is 1. The van der Waals surface area contributed by atoms with Crippen LogP contribution >= 0.6 is 23.1 Å². The number of nitrogens with zero attached hydrogens (tertiary/aromatic N) is 2. The number of ketones is 1. The maximum Gasteiger partial charge on any atom is 0.256 e. The van der Waals surface area contributed by atoms with E-state index in [0.29, 0.717) is 15.6 Å². The van der Waals surface area contributed by atoms with Gasteiger partial charge in [0.15, 0.2) is 11.4 Å². The molecule has 0 aliphatic carbocycles. The number of Topliss-reactive ketones (excluding diaryl/α,β-unsaturated/α-hetero) is 1. The van der Waals surface area contributed by atoms with E-state index in [4.69, 9.17) is 4.74 Å². The molecule has 1 aromatic carbocycles. The molecular formula is C21H23N3O4S2. The zero-order valence-corrected chi connectivity index (χ0v) is 19.0. The van der Waals surface area contributed by atoms with Crippen molar-refractivity contribution < 1.29 is 19.4 Å². The summed E-state index contributed by atoms with van der Waals surface area (Å²) in [5, 5.41) is 14.5. The Balaban J connectivity index is 1.85. The maximum atomic E-state index is 12.8. The van der Waals surface area contributed by atoms with Gasteiger partial charge in [-0.2, -0.15) is 0 Å². The first-order chi connectivity index (χ1) is 14.2. The van der Waals surface area contributed by atoms with E-state index in [1.54, 1.807) is 19.2 Å². The number of fused-ring (bicyclic) bond motifs is 1. The van der Waals surface area contributed by atoms with Gasteiger partial charge in [0.05, 0.1) is 23.3 Å². The quantitative estimate of drug-likeness (QED) is 0.327. The minimum atomic E-state index is -1.68. The number of carbonyl (C=O) groups excluding carboxylic acids is 2. The van der Waals surface area contributed by atoms with Crippen LogP contribution in [0.5, 0.6) is 5.75 Å². The van der Waals surface area contributed by atoms with E-state index in [0.717, 1.165) is 38.6 Å². The lowest BCUT2D eigenvalue weighted by Gasteiger charge is -2.19. The van der Waals surface area contributed by atoms with Crippen LogP contribution in [-0.2, 0) is 10.4 Å². The molecule has 2 heterocycles. The lowest BCUT2D eigenvalue weighted by atomic mass is 10.0. The van der Waals surface area contributed by atoms with Gasteiger partial charge in [0.2, 0.25) is 0 Å². The SMILES string of the molecule is CNC(=O)[C@](C)(O)c1ccc(C(=O)CSc2nc(C)nc3ccc(OC)c(C)c23)s1. The molecule has 7 nitrogen and oxygen atoms in total. The topological polar surface area (TPSA) is 101 Å². The van der Waals surface area contributed by atoms with Crippen molar-refractivity contribution in [1.29, 1.82) is 0 Å². The fraction of sp³-hybridized carbons (Fsp3) is 0.333. The molecule has 0 fully saturated rings. The summed E-state index contributed by atoms with van der Waals surface area (Å²) in [7, 11) is 3.07. The molecule has 0 spiro atoms. The van der Waals surface area contributed by atoms with Gasteiger partial charge in [-0.15, -0.1) is 11.3 Å². The van der Waals surface area contributed by atoms with Crippen LogP contribution in [-0.4, -0.2) is 46.7 Å². The molecule has 0 aliphatic heterocycles. The minimum Gasteiger partial charge on any atom is -0.496 e. The fourth-order valence-corrected chi connectivity index (χ4v) is 5.18. The highest BCUT2D eigenvalue weighted by molar-refractivity contribution is 8.00. The van der Waals surface area contributed by atoms with Gasteiger partial charge in [0, 0.05) is 22.9 Å². The largest absolute Gasteiger partial charge is 0.496 e. The molecule has 2 N–H and O–H groups in total. The zero-order valence-electron chi connectivity index (χ0n) is 17.4. The molecule has 158 valence electrons. The molecule has 0 radical (unpaired) electrons. The number of aliphatic hydroxyl groups is 1. The molecular weight excluding hydrogens is 422 g/mol. The Bertz CT molecular complexity index is 1120. The fourth-order valence-electron chi connectivity index (χ4n) is 3.08. The van der Waals surface area contributed by atoms with Crippen molar-refractivity contribution in [3.63, 3.8) is 0 Å². The molecule has 0 saturated heterocycles. The number of aromatic nitrogens is 2. The van der Waals surface area contributed by atoms with Gasteiger partial charge in [0.25, 0.3) is 5.91 Å². The van der Waals surface area contributed by atoms with Gasteiger partial charge in [-0.25, -0.2) is 9.97 Å². The summed E-state index contributed by atoms with van der Waals surface area (Å²) in [6.45, 7) is 5.17. The van der Waals surface area contributed by atoms with E-state index < -0.39 is 11.5 Å². The number of carbonyl (C=O) groups is 2. The molecule has 3 aromatic rings. The van der Waals surface area contributed by atoms with Crippen molar-refractivity contribution in [1.82, 2.24) is 15.3 Å². The average Bonchev–Trinajstić information content (AvgIpc) is 3.22. The summed E-state index contributed by atoms with van der Waals surface area (Å²) in [6.07, 6.45) is 0. The highest BCUT2D eigenvalue weighted by Crippen LogP contribution is 2.34. The number of likely N-dealkylation sites (N-methyl/N-ethyl adjacent to an activating group) is 1. The third-order valence-electron chi connectivity index (χ3n) is 4.74. The van der Waals surface area contributed by atoms with Crippen LogP contribution in [0.1, 0.15) is 32.9 Å². The van der Waals surface area contributed by atoms with Gasteiger partial charge in [0.1, 0.15) is 16.6 Å². The molecule has 0 unspecified atom stereocenters. The number of rotatable bonds is 7. The van der Waals surface area contributed by atoms with Crippen LogP contribution < -0.4 is 10.1 Å². The first kappa shape index (κ1) is 22.2. The predicted octanol–water partition coefficient (Wildman–Crippen LogP) is 3.25. The average molecular weight is 446 g/mol. The molecule has 2 aromatic heterocycles. The minimum absolute atomic E-state index is 0.103. The Morgan fingerprint density at radius 1 is 1.23 bits per heavy atom. The summed E-state index contributed by atoms with van der Waals surface area (Å²) in [4.78, 5) is 34.6. The van der Waals surface area contributed by atoms with Crippen LogP contribution in [0.2, 0.25) is 0 Å². The third-order valence-corrected chi connectivity index (χ3v) is 7.06. The highest BCUT2D eigenvalue weighted by Gasteiger charge is 2.33. The Kier molecular flexibility index (Phi) is 6.44. The second-order valence-corrected chi connectivity index (χ2v) is 8.94. The number of benzene rings is 1. The molecule has 3 rings (SSSR count). The van der Waals surface area contributed by atoms with Gasteiger partial charge < -0.3 is 15.2 Å². The Hall–Kier alpha value is -2.49. The lowest BCUT2D eigenvalue weighted by Crippen LogP contribution is -2.39. The van der Waals surface area contributed by atoms with Crippen molar-refractivity contribution in [2.45, 2.75) is 31.4 Å². The van der Waals surface area contributed by atoms with E-state index in [9.17, 15) is 14.7 Å². The summed E-state index contributed by atoms with van der Waals surface area (Å²) in [6, 6.07) is 7.00. The summed E-state index contributed by atoms with van der Waals surface area (Å²) < 4.78 is 5.41. The molecule has 9 heteroatoms. The number of amides is 1. The van der Waals surface area contributed by atoms with Crippen LogP contribution in [0, 0.1) is 13.8 Å². The van der Waals surface area contributed by atoms with E-state index in [2.05, 4.69) is 15.3 Å². The van der Waals surface area contributed by atoms with Gasteiger partial charge in [-0.05, 0) is 45.0 Å². The smallest absolute Gasteiger partial charge is 0.256 e. The number of thioether (sulfide) groups is 1. The molecule has 0 saturated carbocycles. The number of hydrogen-bond donors (Lipinski definition) is 2. The summed E-state index contributed by atoms with van der Waals surface area (Å²) >= 11 is 2.45. The predicted molar refractivity (Wildman–Crippen MR) is 119 cm³/mol. The van der Waals surface area contributed by atoms with Crippen molar-refractivity contribution in [2.24, 2.45) is 0 Å². The van der Waals surface area contributed by atoms with E-state index in [-0.39, 0.29) is 11.5 Å². The number of methoxy groups -OCH3 is 1. The Morgan fingerprint density at radius 2 is 1.97 bits per heavy atom. The van der Waals surface area contributed by atoms with Crippen LogP contribution in [0.15, 0.2) is 29.3 Å². The number of thiophene rings is 1. The van der Waals surface area contributed by atoms with Crippen LogP contribution in [0.3, 0.4) is 0 Å². The molecule has 1 amide bonds. The number of aryl methyl sites for hydroxylation is 2. The standard InChI is InChI=1S/C21H23N3O4S2/c1-11-15(28-5)7-6-13-18(11)19(24-12(2)23-13)29-10-14(25)16-8-9-17(30-16)21(3,27)20(26)22-4/h6-9,27H,10H2,1-5H3,(H,22,26)/t21-/m1/s1. The van der Waals surface area contributed by atoms with Gasteiger partial charge in [-0.1, -0.05) is 11.8 Å². The summed E-state index contributed by atoms with van der Waals surface area (Å²) in [5.41, 5.74) is 0.0411. The normalized spacial score (nSPS) is 13.1. The molecule has 0 bridgehead atoms. The first-order valence-corrected chi connectivity index (χ1v) is 11.0.